The first-order valence-electron chi connectivity index (χ1n) is 9.09. The molecule has 150 valence electrons. The molecule has 0 saturated heterocycles. The number of aryl methyl sites for hydroxylation is 2. The Hall–Kier alpha value is -3.16. The largest absolute Gasteiger partial charge is 0.322 e. The second-order valence-corrected chi connectivity index (χ2v) is 8.39. The van der Waals surface area contributed by atoms with Gasteiger partial charge >= 0.3 is 0 Å². The van der Waals surface area contributed by atoms with E-state index in [1.807, 2.05) is 38.1 Å². The smallest absolute Gasteiger partial charge is 0.255 e. The molecule has 2 aromatic carbocycles. The molecule has 1 heterocycles. The summed E-state index contributed by atoms with van der Waals surface area (Å²) in [6, 6.07) is 17.5. The monoisotopic (exact) mass is 409 g/mol. The van der Waals surface area contributed by atoms with Gasteiger partial charge in [-0.05, 0) is 68.4 Å². The van der Waals surface area contributed by atoms with Gasteiger partial charge < -0.3 is 9.88 Å². The lowest BCUT2D eigenvalue weighted by Crippen LogP contribution is -2.24. The van der Waals surface area contributed by atoms with Crippen molar-refractivity contribution in [3.05, 3.63) is 90.3 Å². The van der Waals surface area contributed by atoms with Crippen LogP contribution < -0.4 is 10.0 Å². The van der Waals surface area contributed by atoms with E-state index in [0.29, 0.717) is 5.69 Å². The maximum absolute atomic E-state index is 12.6. The highest BCUT2D eigenvalue weighted by Gasteiger charge is 2.15. The molecule has 1 aromatic heterocycles. The van der Waals surface area contributed by atoms with E-state index in [4.69, 9.17) is 0 Å². The van der Waals surface area contributed by atoms with E-state index in [-0.39, 0.29) is 22.9 Å². The summed E-state index contributed by atoms with van der Waals surface area (Å²) in [5.74, 6) is -0.383. The fraction of sp³-hybridized carbons (Fsp3) is 0.136. The first kappa shape index (κ1) is 20.6. The Balaban J connectivity index is 1.77. The van der Waals surface area contributed by atoms with Crippen molar-refractivity contribution in [3.8, 4) is 5.69 Å². The highest BCUT2D eigenvalue weighted by molar-refractivity contribution is 7.89. The number of amides is 1. The van der Waals surface area contributed by atoms with Gasteiger partial charge in [0.2, 0.25) is 10.0 Å². The predicted molar refractivity (Wildman–Crippen MR) is 115 cm³/mol. The zero-order valence-electron chi connectivity index (χ0n) is 16.3. The van der Waals surface area contributed by atoms with Crippen LogP contribution in [0, 0.1) is 13.8 Å². The summed E-state index contributed by atoms with van der Waals surface area (Å²) in [6.07, 6.45) is 1.45. The fourth-order valence-electron chi connectivity index (χ4n) is 3.03. The summed E-state index contributed by atoms with van der Waals surface area (Å²) >= 11 is 0. The van der Waals surface area contributed by atoms with Gasteiger partial charge in [0, 0.05) is 34.9 Å². The van der Waals surface area contributed by atoms with Crippen molar-refractivity contribution >= 4 is 21.6 Å². The van der Waals surface area contributed by atoms with Crippen molar-refractivity contribution < 1.29 is 13.2 Å². The molecule has 1 amide bonds. The van der Waals surface area contributed by atoms with E-state index in [9.17, 15) is 13.2 Å². The van der Waals surface area contributed by atoms with E-state index in [1.165, 1.54) is 24.3 Å². The summed E-state index contributed by atoms with van der Waals surface area (Å²) in [5, 5.41) is 2.80. The molecular weight excluding hydrogens is 386 g/mol. The van der Waals surface area contributed by atoms with E-state index >= 15 is 0 Å². The Morgan fingerprint density at radius 1 is 1.03 bits per heavy atom. The molecule has 2 N–H and O–H groups in total. The van der Waals surface area contributed by atoms with Crippen LogP contribution in [0.2, 0.25) is 0 Å². The van der Waals surface area contributed by atoms with Gasteiger partial charge in [-0.25, -0.2) is 13.1 Å². The van der Waals surface area contributed by atoms with Gasteiger partial charge in [-0.2, -0.15) is 0 Å². The van der Waals surface area contributed by atoms with Gasteiger partial charge in [-0.15, -0.1) is 6.58 Å². The fourth-order valence-corrected chi connectivity index (χ4v) is 4.07. The first-order chi connectivity index (χ1) is 13.8. The normalized spacial score (nSPS) is 11.2. The van der Waals surface area contributed by atoms with E-state index in [0.717, 1.165) is 17.1 Å². The summed E-state index contributed by atoms with van der Waals surface area (Å²) in [6.45, 7) is 7.68. The second kappa shape index (κ2) is 8.46. The minimum Gasteiger partial charge on any atom is -0.322 e. The molecule has 0 aliphatic carbocycles. The summed E-state index contributed by atoms with van der Waals surface area (Å²) in [5.41, 5.74) is 4.14. The highest BCUT2D eigenvalue weighted by Crippen LogP contribution is 2.19. The highest BCUT2D eigenvalue weighted by atomic mass is 32.2. The number of hydrogen-bond acceptors (Lipinski definition) is 3. The zero-order valence-corrected chi connectivity index (χ0v) is 17.2. The van der Waals surface area contributed by atoms with Gasteiger partial charge in [0.25, 0.3) is 5.91 Å². The van der Waals surface area contributed by atoms with Crippen LogP contribution >= 0.6 is 0 Å². The van der Waals surface area contributed by atoms with Gasteiger partial charge in [-0.3, -0.25) is 4.79 Å². The number of carbonyl (C=O) groups excluding carboxylic acids is 1. The van der Waals surface area contributed by atoms with Crippen LogP contribution in [0.3, 0.4) is 0 Å². The molecular formula is C22H23N3O3S. The van der Waals surface area contributed by atoms with Gasteiger partial charge in [0.1, 0.15) is 0 Å². The Kier molecular flexibility index (Phi) is 6.00. The van der Waals surface area contributed by atoms with Crippen LogP contribution in [0.1, 0.15) is 21.7 Å². The third-order valence-corrected chi connectivity index (χ3v) is 5.90. The van der Waals surface area contributed by atoms with Gasteiger partial charge in [-0.1, -0.05) is 12.1 Å². The molecule has 0 bridgehead atoms. The lowest BCUT2D eigenvalue weighted by Gasteiger charge is -2.11. The quantitative estimate of drug-likeness (QED) is 0.582. The van der Waals surface area contributed by atoms with E-state index in [1.54, 1.807) is 6.07 Å². The molecule has 0 atom stereocenters. The molecule has 29 heavy (non-hydrogen) atoms. The van der Waals surface area contributed by atoms with E-state index in [2.05, 4.69) is 33.3 Å². The number of nitrogens with one attached hydrogen (secondary N) is 2. The maximum Gasteiger partial charge on any atom is 0.255 e. The summed E-state index contributed by atoms with van der Waals surface area (Å²) in [4.78, 5) is 12.6. The number of benzene rings is 2. The molecule has 6 nitrogen and oxygen atoms in total. The summed E-state index contributed by atoms with van der Waals surface area (Å²) < 4.78 is 29.0. The third kappa shape index (κ3) is 4.64. The molecule has 3 aromatic rings. The third-order valence-electron chi connectivity index (χ3n) is 4.48. The molecule has 0 spiro atoms. The second-order valence-electron chi connectivity index (χ2n) is 6.62. The molecule has 0 aliphatic heterocycles. The Labute approximate surface area is 170 Å². The average molecular weight is 410 g/mol. The van der Waals surface area contributed by atoms with Crippen molar-refractivity contribution in [2.75, 3.05) is 11.9 Å². The number of sulfonamides is 1. The van der Waals surface area contributed by atoms with Crippen LogP contribution in [0.5, 0.6) is 0 Å². The van der Waals surface area contributed by atoms with Crippen molar-refractivity contribution in [2.45, 2.75) is 18.7 Å². The summed E-state index contributed by atoms with van der Waals surface area (Å²) in [7, 11) is -3.69. The molecule has 0 unspecified atom stereocenters. The molecule has 0 aliphatic rings. The standard InChI is InChI=1S/C22H23N3O3S/c1-4-14-23-29(27,28)21-7-5-6-18(15-21)22(26)24-19-10-12-20(13-11-19)25-16(2)8-9-17(25)3/h4-13,15,23H,1,14H2,2-3H3,(H,24,26). The molecule has 3 rings (SSSR count). The minimum absolute atomic E-state index is 0.0286. The number of hydrogen-bond donors (Lipinski definition) is 2. The number of aromatic nitrogens is 1. The molecule has 0 fully saturated rings. The Bertz CT molecular complexity index is 1130. The molecule has 0 saturated carbocycles. The van der Waals surface area contributed by atoms with Crippen LogP contribution in [0.15, 0.2) is 78.2 Å². The average Bonchev–Trinajstić information content (AvgIpc) is 3.05. The lowest BCUT2D eigenvalue weighted by molar-refractivity contribution is 0.102. The predicted octanol–water partition coefficient (Wildman–Crippen LogP) is 3.81. The Morgan fingerprint density at radius 2 is 1.69 bits per heavy atom. The van der Waals surface area contributed by atoms with Crippen LogP contribution in [0.4, 0.5) is 5.69 Å². The van der Waals surface area contributed by atoms with Crippen molar-refractivity contribution in [1.82, 2.24) is 9.29 Å². The zero-order chi connectivity index (χ0) is 21.0. The van der Waals surface area contributed by atoms with Crippen LogP contribution in [-0.2, 0) is 10.0 Å². The van der Waals surface area contributed by atoms with Crippen molar-refractivity contribution in [3.63, 3.8) is 0 Å². The number of anilines is 1. The maximum atomic E-state index is 12.6. The van der Waals surface area contributed by atoms with Gasteiger partial charge in [0.15, 0.2) is 0 Å². The number of nitrogens with zero attached hydrogens (tertiary/aromatic N) is 1. The Morgan fingerprint density at radius 3 is 2.31 bits per heavy atom. The lowest BCUT2D eigenvalue weighted by atomic mass is 10.2. The molecule has 7 heteroatoms. The molecule has 0 radical (unpaired) electrons. The first-order valence-corrected chi connectivity index (χ1v) is 10.6. The van der Waals surface area contributed by atoms with Gasteiger partial charge in [0.05, 0.1) is 4.90 Å². The SMILES string of the molecule is C=CCNS(=O)(=O)c1cccc(C(=O)Nc2ccc(-n3c(C)ccc3C)cc2)c1. The van der Waals surface area contributed by atoms with Crippen LogP contribution in [-0.4, -0.2) is 25.4 Å². The van der Waals surface area contributed by atoms with E-state index < -0.39 is 10.0 Å². The van der Waals surface area contributed by atoms with Crippen molar-refractivity contribution in [1.29, 1.82) is 0 Å². The number of rotatable bonds is 7. The van der Waals surface area contributed by atoms with Crippen molar-refractivity contribution in [2.24, 2.45) is 0 Å². The minimum atomic E-state index is -3.69. The topological polar surface area (TPSA) is 80.2 Å². The van der Waals surface area contributed by atoms with Crippen LogP contribution in [0.25, 0.3) is 5.69 Å². The number of carbonyl (C=O) groups is 1.